The van der Waals surface area contributed by atoms with Crippen molar-refractivity contribution in [2.24, 2.45) is 4.99 Å². The number of benzene rings is 1. The van der Waals surface area contributed by atoms with Gasteiger partial charge in [-0.3, -0.25) is 9.79 Å². The van der Waals surface area contributed by atoms with E-state index >= 15 is 0 Å². The Balaban J connectivity index is 1.76. The Kier molecular flexibility index (Phi) is 4.76. The highest BCUT2D eigenvalue weighted by molar-refractivity contribution is 8.14. The Morgan fingerprint density at radius 2 is 2.04 bits per heavy atom. The lowest BCUT2D eigenvalue weighted by Gasteiger charge is -2.13. The molecule has 1 N–H and O–H groups in total. The van der Waals surface area contributed by atoms with Crippen molar-refractivity contribution in [2.45, 2.75) is 18.2 Å². The molecule has 0 radical (unpaired) electrons. The van der Waals surface area contributed by atoms with E-state index in [9.17, 15) is 13.6 Å². The van der Waals surface area contributed by atoms with Crippen LogP contribution in [0.4, 0.5) is 8.78 Å². The van der Waals surface area contributed by atoms with Crippen LogP contribution in [-0.2, 0) is 0 Å². The quantitative estimate of drug-likeness (QED) is 0.894. The van der Waals surface area contributed by atoms with Crippen LogP contribution in [0.1, 0.15) is 33.8 Å². The lowest BCUT2D eigenvalue weighted by molar-refractivity contribution is 0.0969. The molecular formula is C17H12F2N4OS. The van der Waals surface area contributed by atoms with Gasteiger partial charge in [0.15, 0.2) is 5.17 Å². The second kappa shape index (κ2) is 6.99. The molecule has 25 heavy (non-hydrogen) atoms. The second-order valence-electron chi connectivity index (χ2n) is 5.35. The first-order chi connectivity index (χ1) is 12.0. The highest BCUT2D eigenvalue weighted by atomic mass is 32.2. The SMILES string of the molecule is CC1N=C(NC(=O)c2c(F)cccc2F)SC1c1ccnc(C#N)c1. The van der Waals surface area contributed by atoms with E-state index in [-0.39, 0.29) is 22.2 Å². The fraction of sp³-hybridized carbons (Fsp3) is 0.176. The van der Waals surface area contributed by atoms with Crippen LogP contribution in [0.3, 0.4) is 0 Å². The fourth-order valence-electron chi connectivity index (χ4n) is 2.47. The van der Waals surface area contributed by atoms with E-state index < -0.39 is 23.1 Å². The summed E-state index contributed by atoms with van der Waals surface area (Å²) in [4.78, 5) is 20.4. The molecule has 2 aromatic rings. The molecule has 1 aliphatic heterocycles. The summed E-state index contributed by atoms with van der Waals surface area (Å²) in [5.74, 6) is -2.75. The number of rotatable bonds is 2. The zero-order valence-corrected chi connectivity index (χ0v) is 13.8. The van der Waals surface area contributed by atoms with Crippen molar-refractivity contribution in [3.05, 3.63) is 65.0 Å². The Bertz CT molecular complexity index is 890. The first-order valence-corrected chi connectivity index (χ1v) is 8.23. The Hall–Kier alpha value is -2.79. The van der Waals surface area contributed by atoms with Gasteiger partial charge in [-0.25, -0.2) is 13.8 Å². The molecule has 3 rings (SSSR count). The third-order valence-corrected chi connectivity index (χ3v) is 4.99. The monoisotopic (exact) mass is 358 g/mol. The molecule has 1 aromatic carbocycles. The number of halogens is 2. The predicted molar refractivity (Wildman–Crippen MR) is 90.0 cm³/mol. The summed E-state index contributed by atoms with van der Waals surface area (Å²) in [6.07, 6.45) is 1.53. The van der Waals surface area contributed by atoms with Crippen LogP contribution in [0.15, 0.2) is 41.5 Å². The van der Waals surface area contributed by atoms with Crippen LogP contribution in [0.2, 0.25) is 0 Å². The summed E-state index contributed by atoms with van der Waals surface area (Å²) < 4.78 is 27.4. The zero-order chi connectivity index (χ0) is 18.0. The number of hydrogen-bond donors (Lipinski definition) is 1. The van der Waals surface area contributed by atoms with Crippen LogP contribution >= 0.6 is 11.8 Å². The molecule has 1 aromatic heterocycles. The number of amidine groups is 1. The molecular weight excluding hydrogens is 346 g/mol. The van der Waals surface area contributed by atoms with Crippen molar-refractivity contribution in [1.82, 2.24) is 10.3 Å². The summed E-state index contributed by atoms with van der Waals surface area (Å²) in [6.45, 7) is 1.85. The summed E-state index contributed by atoms with van der Waals surface area (Å²) in [5.41, 5.74) is 0.489. The number of hydrogen-bond acceptors (Lipinski definition) is 5. The van der Waals surface area contributed by atoms with Crippen molar-refractivity contribution in [2.75, 3.05) is 0 Å². The van der Waals surface area contributed by atoms with Gasteiger partial charge in [-0.1, -0.05) is 17.8 Å². The molecule has 126 valence electrons. The van der Waals surface area contributed by atoms with Gasteiger partial charge in [0.2, 0.25) is 0 Å². The number of pyridine rings is 1. The van der Waals surface area contributed by atoms with E-state index in [1.54, 1.807) is 12.1 Å². The number of carbonyl (C=O) groups excluding carboxylic acids is 1. The summed E-state index contributed by atoms with van der Waals surface area (Å²) in [7, 11) is 0. The number of aliphatic imine (C=N–C) groups is 1. The minimum atomic E-state index is -0.932. The van der Waals surface area contributed by atoms with Gasteiger partial charge < -0.3 is 5.32 Å². The Labute approximate surface area is 146 Å². The standard InChI is InChI=1S/C17H12F2N4OS/c1-9-15(10-5-6-21-11(7-10)8-20)25-17(22-9)23-16(24)14-12(18)3-2-4-13(14)19/h2-7,9,15H,1H3,(H,22,23,24). The molecule has 8 heteroatoms. The molecule has 2 heterocycles. The maximum atomic E-state index is 13.7. The average Bonchev–Trinajstić information content (AvgIpc) is 2.95. The highest BCUT2D eigenvalue weighted by Crippen LogP contribution is 2.39. The lowest BCUT2D eigenvalue weighted by Crippen LogP contribution is -2.29. The molecule has 2 atom stereocenters. The maximum Gasteiger partial charge on any atom is 0.263 e. The summed E-state index contributed by atoms with van der Waals surface area (Å²) >= 11 is 1.26. The van der Waals surface area contributed by atoms with Gasteiger partial charge in [-0.15, -0.1) is 0 Å². The summed E-state index contributed by atoms with van der Waals surface area (Å²) in [6, 6.07) is 8.45. The molecule has 1 aliphatic rings. The molecule has 0 spiro atoms. The number of nitrogens with one attached hydrogen (secondary N) is 1. The van der Waals surface area contributed by atoms with Gasteiger partial charge in [-0.05, 0) is 36.8 Å². The normalized spacial score (nSPS) is 19.2. The lowest BCUT2D eigenvalue weighted by atomic mass is 10.1. The van der Waals surface area contributed by atoms with Crippen LogP contribution < -0.4 is 5.32 Å². The summed E-state index contributed by atoms with van der Waals surface area (Å²) in [5, 5.41) is 11.5. The molecule has 5 nitrogen and oxygen atoms in total. The molecule has 0 saturated carbocycles. The fourth-order valence-corrected chi connectivity index (χ4v) is 3.63. The second-order valence-corrected chi connectivity index (χ2v) is 6.48. The zero-order valence-electron chi connectivity index (χ0n) is 13.0. The number of aromatic nitrogens is 1. The third kappa shape index (κ3) is 3.51. The minimum Gasteiger partial charge on any atom is -0.301 e. The maximum absolute atomic E-state index is 13.7. The van der Waals surface area contributed by atoms with Gasteiger partial charge in [0.1, 0.15) is 29.0 Å². The van der Waals surface area contributed by atoms with E-state index in [1.165, 1.54) is 24.0 Å². The number of thioether (sulfide) groups is 1. The van der Waals surface area contributed by atoms with Crippen molar-refractivity contribution in [3.8, 4) is 6.07 Å². The molecule has 0 bridgehead atoms. The van der Waals surface area contributed by atoms with E-state index in [0.29, 0.717) is 0 Å². The van der Waals surface area contributed by atoms with E-state index in [1.807, 2.05) is 13.0 Å². The van der Waals surface area contributed by atoms with E-state index in [2.05, 4.69) is 15.3 Å². The minimum absolute atomic E-state index is 0.129. The predicted octanol–water partition coefficient (Wildman–Crippen LogP) is 3.19. The number of amides is 1. The number of nitrogens with zero attached hydrogens (tertiary/aromatic N) is 3. The topological polar surface area (TPSA) is 78.1 Å². The number of carbonyl (C=O) groups is 1. The smallest absolute Gasteiger partial charge is 0.263 e. The largest absolute Gasteiger partial charge is 0.301 e. The van der Waals surface area contributed by atoms with E-state index in [4.69, 9.17) is 5.26 Å². The van der Waals surface area contributed by atoms with Crippen LogP contribution in [0.25, 0.3) is 0 Å². The average molecular weight is 358 g/mol. The van der Waals surface area contributed by atoms with Crippen LogP contribution in [-0.4, -0.2) is 22.1 Å². The van der Waals surface area contributed by atoms with Crippen LogP contribution in [0.5, 0.6) is 0 Å². The first kappa shape index (κ1) is 17.0. The molecule has 0 saturated heterocycles. The van der Waals surface area contributed by atoms with Gasteiger partial charge in [0, 0.05) is 6.20 Å². The Morgan fingerprint density at radius 3 is 2.72 bits per heavy atom. The van der Waals surface area contributed by atoms with Crippen molar-refractivity contribution in [1.29, 1.82) is 5.26 Å². The Morgan fingerprint density at radius 1 is 1.32 bits per heavy atom. The van der Waals surface area contributed by atoms with Gasteiger partial charge >= 0.3 is 0 Å². The third-order valence-electron chi connectivity index (χ3n) is 3.63. The molecule has 0 fully saturated rings. The first-order valence-electron chi connectivity index (χ1n) is 7.35. The van der Waals surface area contributed by atoms with E-state index in [0.717, 1.165) is 17.7 Å². The van der Waals surface area contributed by atoms with Crippen LogP contribution in [0, 0.1) is 23.0 Å². The van der Waals surface area contributed by atoms with Crippen molar-refractivity contribution in [3.63, 3.8) is 0 Å². The van der Waals surface area contributed by atoms with Crippen molar-refractivity contribution >= 4 is 22.8 Å². The number of nitriles is 1. The molecule has 2 unspecified atom stereocenters. The van der Waals surface area contributed by atoms with Crippen molar-refractivity contribution < 1.29 is 13.6 Å². The van der Waals surface area contributed by atoms with Gasteiger partial charge in [0.25, 0.3) is 5.91 Å². The highest BCUT2D eigenvalue weighted by Gasteiger charge is 2.30. The molecule has 1 amide bonds. The van der Waals surface area contributed by atoms with Gasteiger partial charge in [0.05, 0.1) is 11.3 Å². The van der Waals surface area contributed by atoms with Gasteiger partial charge in [-0.2, -0.15) is 5.26 Å². The molecule has 0 aliphatic carbocycles.